The van der Waals surface area contributed by atoms with Crippen LogP contribution in [-0.4, -0.2) is 30.3 Å². The third-order valence-corrected chi connectivity index (χ3v) is 5.37. The molecule has 1 atom stereocenters. The van der Waals surface area contributed by atoms with E-state index in [1.54, 1.807) is 0 Å². The second kappa shape index (κ2) is 5.95. The zero-order valence-corrected chi connectivity index (χ0v) is 13.6. The van der Waals surface area contributed by atoms with E-state index in [0.29, 0.717) is 12.8 Å². The molecular weight excluding hydrogens is 292 g/mol. The summed E-state index contributed by atoms with van der Waals surface area (Å²) in [5, 5.41) is 3.23. The summed E-state index contributed by atoms with van der Waals surface area (Å²) in [6.45, 7) is 3.14. The van der Waals surface area contributed by atoms with Gasteiger partial charge in [0.2, 0.25) is 6.79 Å². The Balaban J connectivity index is 1.50. The van der Waals surface area contributed by atoms with E-state index in [1.165, 1.54) is 30.4 Å². The maximum absolute atomic E-state index is 12.7. The zero-order chi connectivity index (χ0) is 15.8. The van der Waals surface area contributed by atoms with Gasteiger partial charge < -0.3 is 19.7 Å². The predicted octanol–water partition coefficient (Wildman–Crippen LogP) is 3.38. The van der Waals surface area contributed by atoms with E-state index in [9.17, 15) is 4.79 Å². The van der Waals surface area contributed by atoms with Crippen molar-refractivity contribution in [1.82, 2.24) is 10.2 Å². The molecule has 0 saturated heterocycles. The average molecular weight is 316 g/mol. The summed E-state index contributed by atoms with van der Waals surface area (Å²) in [6, 6.07) is 4.61. The number of hydrogen-bond acceptors (Lipinski definition) is 3. The zero-order valence-electron chi connectivity index (χ0n) is 13.6. The normalized spacial score (nSPS) is 23.5. The summed E-state index contributed by atoms with van der Waals surface area (Å²) in [5.41, 5.74) is 2.45. The Morgan fingerprint density at radius 2 is 1.91 bits per heavy atom. The molecule has 0 aromatic heterocycles. The molecule has 5 nitrogen and oxygen atoms in total. The molecule has 1 aromatic carbocycles. The summed E-state index contributed by atoms with van der Waals surface area (Å²) >= 11 is 0. The lowest BCUT2D eigenvalue weighted by atomic mass is 9.92. The number of ether oxygens (including phenoxy) is 2. The molecule has 1 aliphatic carbocycles. The van der Waals surface area contributed by atoms with E-state index in [4.69, 9.17) is 9.47 Å². The monoisotopic (exact) mass is 316 g/mol. The van der Waals surface area contributed by atoms with Gasteiger partial charge in [-0.15, -0.1) is 0 Å². The number of rotatable bonds is 1. The van der Waals surface area contributed by atoms with Crippen molar-refractivity contribution in [3.05, 3.63) is 23.3 Å². The van der Waals surface area contributed by atoms with E-state index in [1.807, 2.05) is 11.0 Å². The summed E-state index contributed by atoms with van der Waals surface area (Å²) < 4.78 is 10.9. The Labute approximate surface area is 136 Å². The number of nitrogens with zero attached hydrogens (tertiary/aromatic N) is 1. The number of hydrogen-bond donors (Lipinski definition) is 1. The first-order valence-corrected chi connectivity index (χ1v) is 8.72. The third kappa shape index (κ3) is 2.73. The minimum Gasteiger partial charge on any atom is -0.454 e. The number of fused-ring (bicyclic) bond motifs is 2. The van der Waals surface area contributed by atoms with Crippen molar-refractivity contribution in [2.75, 3.05) is 13.3 Å². The number of benzene rings is 1. The molecule has 124 valence electrons. The van der Waals surface area contributed by atoms with Crippen LogP contribution in [0.3, 0.4) is 0 Å². The molecule has 1 N–H and O–H groups in total. The van der Waals surface area contributed by atoms with E-state index < -0.39 is 0 Å². The number of amides is 2. The fraction of sp³-hybridized carbons (Fsp3) is 0.611. The Morgan fingerprint density at radius 1 is 1.17 bits per heavy atom. The molecule has 1 unspecified atom stereocenters. The van der Waals surface area contributed by atoms with Crippen molar-refractivity contribution in [3.8, 4) is 11.5 Å². The first-order chi connectivity index (χ1) is 11.2. The molecule has 0 spiro atoms. The SMILES string of the molecule is CC1c2cc3c(cc2CCN1C(=O)NC1CCCCC1)OCO3. The van der Waals surface area contributed by atoms with Gasteiger partial charge in [0, 0.05) is 12.6 Å². The van der Waals surface area contributed by atoms with Crippen LogP contribution in [0.4, 0.5) is 4.79 Å². The topological polar surface area (TPSA) is 50.8 Å². The van der Waals surface area contributed by atoms with Gasteiger partial charge in [0.25, 0.3) is 0 Å². The fourth-order valence-corrected chi connectivity index (χ4v) is 3.99. The van der Waals surface area contributed by atoms with Crippen LogP contribution in [0.15, 0.2) is 12.1 Å². The van der Waals surface area contributed by atoms with Crippen LogP contribution in [0.2, 0.25) is 0 Å². The molecule has 0 radical (unpaired) electrons. The minimum absolute atomic E-state index is 0.0665. The maximum atomic E-state index is 12.7. The fourth-order valence-electron chi connectivity index (χ4n) is 3.99. The standard InChI is InChI=1S/C18H24N2O3/c1-12-15-10-17-16(22-11-23-17)9-13(15)7-8-20(12)18(21)19-14-5-3-2-4-6-14/h9-10,12,14H,2-8,11H2,1H3,(H,19,21). The lowest BCUT2D eigenvalue weighted by Crippen LogP contribution is -2.48. The number of urea groups is 1. The molecule has 4 rings (SSSR count). The van der Waals surface area contributed by atoms with E-state index in [2.05, 4.69) is 18.3 Å². The van der Waals surface area contributed by atoms with Gasteiger partial charge in [-0.2, -0.15) is 0 Å². The molecule has 5 heteroatoms. The Morgan fingerprint density at radius 3 is 2.70 bits per heavy atom. The predicted molar refractivity (Wildman–Crippen MR) is 86.8 cm³/mol. The highest BCUT2D eigenvalue weighted by Crippen LogP contribution is 2.40. The van der Waals surface area contributed by atoms with Gasteiger partial charge in [0.15, 0.2) is 11.5 Å². The van der Waals surface area contributed by atoms with E-state index >= 15 is 0 Å². The molecule has 2 heterocycles. The van der Waals surface area contributed by atoms with Gasteiger partial charge in [0.05, 0.1) is 6.04 Å². The van der Waals surface area contributed by atoms with Gasteiger partial charge in [-0.3, -0.25) is 0 Å². The minimum atomic E-state index is 0.0665. The van der Waals surface area contributed by atoms with Crippen molar-refractivity contribution >= 4 is 6.03 Å². The van der Waals surface area contributed by atoms with Gasteiger partial charge in [-0.25, -0.2) is 4.79 Å². The Kier molecular flexibility index (Phi) is 3.79. The van der Waals surface area contributed by atoms with Gasteiger partial charge in [-0.05, 0) is 49.4 Å². The van der Waals surface area contributed by atoms with Crippen LogP contribution < -0.4 is 14.8 Å². The largest absolute Gasteiger partial charge is 0.454 e. The van der Waals surface area contributed by atoms with Crippen LogP contribution in [0.1, 0.15) is 56.2 Å². The molecule has 0 bridgehead atoms. The summed E-state index contributed by atoms with van der Waals surface area (Å²) in [5.74, 6) is 1.63. The highest BCUT2D eigenvalue weighted by Gasteiger charge is 2.31. The van der Waals surface area contributed by atoms with Crippen LogP contribution in [0.25, 0.3) is 0 Å². The second-order valence-electron chi connectivity index (χ2n) is 6.81. The Hall–Kier alpha value is -1.91. The summed E-state index contributed by atoms with van der Waals surface area (Å²) in [4.78, 5) is 14.6. The van der Waals surface area contributed by atoms with Crippen LogP contribution >= 0.6 is 0 Å². The van der Waals surface area contributed by atoms with E-state index in [0.717, 1.165) is 37.3 Å². The quantitative estimate of drug-likeness (QED) is 0.864. The highest BCUT2D eigenvalue weighted by atomic mass is 16.7. The van der Waals surface area contributed by atoms with Crippen molar-refractivity contribution in [3.63, 3.8) is 0 Å². The number of nitrogens with one attached hydrogen (secondary N) is 1. The average Bonchev–Trinajstić information content (AvgIpc) is 3.02. The van der Waals surface area contributed by atoms with Crippen LogP contribution in [-0.2, 0) is 6.42 Å². The van der Waals surface area contributed by atoms with Gasteiger partial charge in [0.1, 0.15) is 0 Å². The van der Waals surface area contributed by atoms with Gasteiger partial charge >= 0.3 is 6.03 Å². The lowest BCUT2D eigenvalue weighted by molar-refractivity contribution is 0.167. The van der Waals surface area contributed by atoms with E-state index in [-0.39, 0.29) is 12.1 Å². The first kappa shape index (κ1) is 14.7. The third-order valence-electron chi connectivity index (χ3n) is 5.37. The highest BCUT2D eigenvalue weighted by molar-refractivity contribution is 5.75. The van der Waals surface area contributed by atoms with Crippen LogP contribution in [0, 0.1) is 0 Å². The summed E-state index contributed by atoms with van der Waals surface area (Å²) in [6.07, 6.45) is 6.85. The first-order valence-electron chi connectivity index (χ1n) is 8.72. The van der Waals surface area contributed by atoms with Crippen molar-refractivity contribution in [2.24, 2.45) is 0 Å². The number of carbonyl (C=O) groups is 1. The van der Waals surface area contributed by atoms with Gasteiger partial charge in [-0.1, -0.05) is 19.3 Å². The van der Waals surface area contributed by atoms with Crippen molar-refractivity contribution in [1.29, 1.82) is 0 Å². The number of carbonyl (C=O) groups excluding carboxylic acids is 1. The molecule has 2 aliphatic heterocycles. The molecule has 2 amide bonds. The lowest BCUT2D eigenvalue weighted by Gasteiger charge is -2.37. The maximum Gasteiger partial charge on any atom is 0.318 e. The smallest absolute Gasteiger partial charge is 0.318 e. The molecular formula is C18H24N2O3. The summed E-state index contributed by atoms with van der Waals surface area (Å²) in [7, 11) is 0. The van der Waals surface area contributed by atoms with Crippen molar-refractivity contribution in [2.45, 2.75) is 57.5 Å². The second-order valence-corrected chi connectivity index (χ2v) is 6.81. The van der Waals surface area contributed by atoms with Crippen molar-refractivity contribution < 1.29 is 14.3 Å². The molecule has 23 heavy (non-hydrogen) atoms. The van der Waals surface area contributed by atoms with Crippen LogP contribution in [0.5, 0.6) is 11.5 Å². The molecule has 3 aliphatic rings. The Bertz CT molecular complexity index is 611. The molecule has 1 aromatic rings. The molecule has 1 saturated carbocycles. The molecule has 1 fully saturated rings.